The number of benzene rings is 3. The van der Waals surface area contributed by atoms with Gasteiger partial charge in [0.25, 0.3) is 11.8 Å². The molecule has 0 unspecified atom stereocenters. The van der Waals surface area contributed by atoms with Gasteiger partial charge >= 0.3 is 12.1 Å². The minimum absolute atomic E-state index is 0.0446. The number of carbonyl (C=O) groups excluding carboxylic acids is 2. The summed E-state index contributed by atoms with van der Waals surface area (Å²) < 4.78 is 51.3. The standard InChI is InChI=1S/C41H40N6O6.C2HF3O2/c48-31-22-42-41(43-23-31)47(29-10-2-1-3-11-29)40(50)34-19-36(45-13-7-6-12-35(34)45)32-20-37-38(53-26-52-37)21-33(32)39(49)46-24-28-9-5-4-8-27(28)18-30(46)25-44-14-16-51-17-15-44;3-2(4,5)1(6)7/h1-5,8-11,19-23,30,48H,6-7,12-18,24-26H2;(H,6,7)/t30-;/m0./s1. The van der Waals surface area contributed by atoms with Crippen LogP contribution < -0.4 is 14.4 Å². The highest BCUT2D eigenvalue weighted by Gasteiger charge is 2.39. The largest absolute Gasteiger partial charge is 0.505 e. The average Bonchev–Trinajstić information content (AvgIpc) is 3.89. The third-order valence-corrected chi connectivity index (χ3v) is 11.0. The topological polar surface area (TPSA) is 160 Å². The van der Waals surface area contributed by atoms with Gasteiger partial charge in [-0.25, -0.2) is 19.7 Å². The molecule has 2 aromatic heterocycles. The lowest BCUT2D eigenvalue weighted by molar-refractivity contribution is -0.192. The number of carboxylic acid groups (broad SMARTS) is 1. The van der Waals surface area contributed by atoms with Crippen molar-refractivity contribution < 1.29 is 52.0 Å². The predicted octanol–water partition coefficient (Wildman–Crippen LogP) is 6.23. The summed E-state index contributed by atoms with van der Waals surface area (Å²) in [6.45, 7) is 5.03. The number of para-hydroxylation sites is 1. The van der Waals surface area contributed by atoms with Crippen LogP contribution in [0.25, 0.3) is 11.3 Å². The molecule has 4 aliphatic heterocycles. The molecule has 2 N–H and O–H groups in total. The van der Waals surface area contributed by atoms with E-state index in [2.05, 4.69) is 37.6 Å². The van der Waals surface area contributed by atoms with Crippen LogP contribution in [0, 0.1) is 0 Å². The Bertz CT molecular complexity index is 2380. The Balaban J connectivity index is 0.000000657. The van der Waals surface area contributed by atoms with Gasteiger partial charge in [-0.15, -0.1) is 0 Å². The van der Waals surface area contributed by atoms with Crippen molar-refractivity contribution in [1.29, 1.82) is 0 Å². The van der Waals surface area contributed by atoms with Crippen LogP contribution in [0.4, 0.5) is 24.8 Å². The summed E-state index contributed by atoms with van der Waals surface area (Å²) >= 11 is 0. The first kappa shape index (κ1) is 40.3. The number of nitrogens with zero attached hydrogens (tertiary/aromatic N) is 6. The Morgan fingerprint density at radius 3 is 2.22 bits per heavy atom. The van der Waals surface area contributed by atoms with Gasteiger partial charge in [0.1, 0.15) is 0 Å². The maximum atomic E-state index is 15.1. The fraction of sp³-hybridized carbons (Fsp3) is 0.326. The van der Waals surface area contributed by atoms with Crippen LogP contribution in [-0.4, -0.2) is 104 Å². The molecule has 6 heterocycles. The number of carbonyl (C=O) groups is 3. The van der Waals surface area contributed by atoms with Crippen molar-refractivity contribution in [3.8, 4) is 28.5 Å². The molecule has 9 rings (SSSR count). The molecule has 0 aliphatic carbocycles. The number of anilines is 2. The van der Waals surface area contributed by atoms with Crippen molar-refractivity contribution in [3.05, 3.63) is 113 Å². The zero-order valence-corrected chi connectivity index (χ0v) is 32.3. The predicted molar refractivity (Wildman–Crippen MR) is 210 cm³/mol. The summed E-state index contributed by atoms with van der Waals surface area (Å²) in [6.07, 6.45) is 0.785. The van der Waals surface area contributed by atoms with Gasteiger partial charge in [0.2, 0.25) is 12.7 Å². The van der Waals surface area contributed by atoms with E-state index >= 15 is 4.79 Å². The molecule has 60 heavy (non-hydrogen) atoms. The first-order chi connectivity index (χ1) is 29.0. The molecule has 5 aromatic rings. The van der Waals surface area contributed by atoms with Gasteiger partial charge in [0, 0.05) is 55.7 Å². The molecule has 312 valence electrons. The third kappa shape index (κ3) is 8.35. The average molecular weight is 827 g/mol. The number of amides is 2. The van der Waals surface area contributed by atoms with E-state index in [1.54, 1.807) is 0 Å². The number of alkyl halides is 3. The molecule has 3 aromatic carbocycles. The van der Waals surface area contributed by atoms with Crippen LogP contribution in [0.2, 0.25) is 0 Å². The Kier molecular flexibility index (Phi) is 11.4. The van der Waals surface area contributed by atoms with Gasteiger partial charge in [-0.1, -0.05) is 42.5 Å². The zero-order chi connectivity index (χ0) is 42.0. The third-order valence-electron chi connectivity index (χ3n) is 11.0. The van der Waals surface area contributed by atoms with Gasteiger partial charge in [-0.05, 0) is 67.1 Å². The van der Waals surface area contributed by atoms with E-state index in [0.717, 1.165) is 55.8 Å². The summed E-state index contributed by atoms with van der Waals surface area (Å²) in [5.41, 5.74) is 6.38. The number of morpholine rings is 1. The number of carboxylic acids is 1. The number of aromatic nitrogens is 3. The summed E-state index contributed by atoms with van der Waals surface area (Å²) in [4.78, 5) is 53.3. The summed E-state index contributed by atoms with van der Waals surface area (Å²) in [7, 11) is 0. The van der Waals surface area contributed by atoms with Crippen LogP contribution >= 0.6 is 0 Å². The molecule has 1 saturated heterocycles. The normalized spacial score (nSPS) is 17.2. The van der Waals surface area contributed by atoms with Crippen LogP contribution in [0.5, 0.6) is 17.2 Å². The number of hydrogen-bond acceptors (Lipinski definition) is 10. The number of hydrogen-bond donors (Lipinski definition) is 2. The van der Waals surface area contributed by atoms with Crippen molar-refractivity contribution in [2.45, 2.75) is 51.0 Å². The molecule has 4 aliphatic rings. The number of fused-ring (bicyclic) bond motifs is 3. The Hall–Kier alpha value is -6.46. The first-order valence-electron chi connectivity index (χ1n) is 19.5. The smallest absolute Gasteiger partial charge is 0.490 e. The van der Waals surface area contributed by atoms with Crippen molar-refractivity contribution in [2.24, 2.45) is 0 Å². The second-order valence-electron chi connectivity index (χ2n) is 14.7. The van der Waals surface area contributed by atoms with Crippen molar-refractivity contribution >= 4 is 29.4 Å². The van der Waals surface area contributed by atoms with Crippen LogP contribution in [0.15, 0.2) is 85.2 Å². The summed E-state index contributed by atoms with van der Waals surface area (Å²) in [5, 5.41) is 17.1. The lowest BCUT2D eigenvalue weighted by Gasteiger charge is -2.40. The minimum atomic E-state index is -5.08. The highest BCUT2D eigenvalue weighted by molar-refractivity contribution is 6.12. The van der Waals surface area contributed by atoms with E-state index in [1.807, 2.05) is 59.5 Å². The highest BCUT2D eigenvalue weighted by Crippen LogP contribution is 2.43. The van der Waals surface area contributed by atoms with Gasteiger partial charge in [-0.3, -0.25) is 14.5 Å². The molecule has 0 radical (unpaired) electrons. The van der Waals surface area contributed by atoms with E-state index in [-0.39, 0.29) is 36.3 Å². The number of ether oxygens (including phenoxy) is 3. The lowest BCUT2D eigenvalue weighted by Crippen LogP contribution is -2.52. The summed E-state index contributed by atoms with van der Waals surface area (Å²) in [6, 6.07) is 23.2. The fourth-order valence-corrected chi connectivity index (χ4v) is 8.09. The quantitative estimate of drug-likeness (QED) is 0.192. The monoisotopic (exact) mass is 826 g/mol. The molecule has 2 amide bonds. The molecule has 1 atom stereocenters. The van der Waals surface area contributed by atoms with E-state index in [4.69, 9.17) is 24.1 Å². The molecular weight excluding hydrogens is 786 g/mol. The molecule has 0 saturated carbocycles. The SMILES string of the molecule is O=C(O)C(F)(F)F.O=C(c1cc(-c2cc3c(cc2C(=O)N2Cc4ccccc4C[C@H]2CN2CCOCC2)OCO3)n2c1CCCC2)N(c1ccccc1)c1ncc(O)cn1. The number of aliphatic carboxylic acids is 1. The molecule has 17 heteroatoms. The Morgan fingerprint density at radius 1 is 0.850 bits per heavy atom. The zero-order valence-electron chi connectivity index (χ0n) is 32.3. The molecule has 0 bridgehead atoms. The summed E-state index contributed by atoms with van der Waals surface area (Å²) in [5.74, 6) is -2.00. The van der Waals surface area contributed by atoms with E-state index in [0.29, 0.717) is 66.6 Å². The maximum absolute atomic E-state index is 15.1. The maximum Gasteiger partial charge on any atom is 0.490 e. The lowest BCUT2D eigenvalue weighted by atomic mass is 9.92. The number of aromatic hydroxyl groups is 1. The van der Waals surface area contributed by atoms with Crippen molar-refractivity contribution in [3.63, 3.8) is 0 Å². The molecule has 0 spiro atoms. The van der Waals surface area contributed by atoms with E-state index < -0.39 is 12.1 Å². The van der Waals surface area contributed by atoms with Crippen LogP contribution in [0.1, 0.15) is 50.4 Å². The molecule has 1 fully saturated rings. The van der Waals surface area contributed by atoms with Gasteiger partial charge < -0.3 is 33.9 Å². The molecular formula is C43H41F3N6O8. The van der Waals surface area contributed by atoms with Crippen molar-refractivity contribution in [1.82, 2.24) is 24.3 Å². The van der Waals surface area contributed by atoms with Gasteiger partial charge in [-0.2, -0.15) is 13.2 Å². The van der Waals surface area contributed by atoms with Gasteiger partial charge in [0.05, 0.1) is 42.4 Å². The Labute approximate surface area is 342 Å². The van der Waals surface area contributed by atoms with Crippen molar-refractivity contribution in [2.75, 3.05) is 44.5 Å². The van der Waals surface area contributed by atoms with E-state index in [9.17, 15) is 23.1 Å². The van der Waals surface area contributed by atoms with E-state index in [1.165, 1.54) is 22.9 Å². The molecule has 14 nitrogen and oxygen atoms in total. The van der Waals surface area contributed by atoms with Crippen LogP contribution in [-0.2, 0) is 35.5 Å². The highest BCUT2D eigenvalue weighted by atomic mass is 19.4. The second kappa shape index (κ2) is 17.0. The number of halogens is 3. The fourth-order valence-electron chi connectivity index (χ4n) is 8.09. The second-order valence-corrected chi connectivity index (χ2v) is 14.7. The number of rotatable bonds is 7. The van der Waals surface area contributed by atoms with Crippen LogP contribution in [0.3, 0.4) is 0 Å². The first-order valence-corrected chi connectivity index (χ1v) is 19.5. The minimum Gasteiger partial charge on any atom is -0.505 e. The van der Waals surface area contributed by atoms with Gasteiger partial charge in [0.15, 0.2) is 17.2 Å². The Morgan fingerprint density at radius 2 is 1.52 bits per heavy atom.